The highest BCUT2D eigenvalue weighted by Crippen LogP contribution is 2.37. The second kappa shape index (κ2) is 8.17. The molecule has 3 amide bonds. The van der Waals surface area contributed by atoms with Gasteiger partial charge in [-0.05, 0) is 67.0 Å². The van der Waals surface area contributed by atoms with E-state index in [1.165, 1.54) is 17.6 Å². The maximum Gasteiger partial charge on any atom is 0.255 e. The van der Waals surface area contributed by atoms with Gasteiger partial charge in [0.25, 0.3) is 5.91 Å². The number of allylic oxidation sites excluding steroid dienone is 1. The van der Waals surface area contributed by atoms with Gasteiger partial charge in [-0.25, -0.2) is 0 Å². The summed E-state index contributed by atoms with van der Waals surface area (Å²) in [7, 11) is 0. The predicted octanol–water partition coefficient (Wildman–Crippen LogP) is 2.91. The average molecular weight is 457 g/mol. The molecule has 1 aromatic carbocycles. The van der Waals surface area contributed by atoms with Crippen LogP contribution in [0.4, 0.5) is 0 Å². The first-order valence-electron chi connectivity index (χ1n) is 12.1. The van der Waals surface area contributed by atoms with Crippen molar-refractivity contribution < 1.29 is 14.4 Å². The van der Waals surface area contributed by atoms with Crippen molar-refractivity contribution >= 4 is 17.7 Å². The number of nitrogens with one attached hydrogen (secondary N) is 1. The van der Waals surface area contributed by atoms with E-state index in [1.54, 1.807) is 4.90 Å². The minimum absolute atomic E-state index is 0.151. The Morgan fingerprint density at radius 3 is 2.82 bits per heavy atom. The van der Waals surface area contributed by atoms with Gasteiger partial charge in [0.05, 0.1) is 5.69 Å². The lowest BCUT2D eigenvalue weighted by molar-refractivity contribution is -0.136. The summed E-state index contributed by atoms with van der Waals surface area (Å²) in [6.45, 7) is 5.80. The molecule has 0 bridgehead atoms. The third-order valence-electron chi connectivity index (χ3n) is 7.70. The topological polar surface area (TPSA) is 82.6 Å². The van der Waals surface area contributed by atoms with Crippen LogP contribution in [0, 0.1) is 11.8 Å². The zero-order valence-electron chi connectivity index (χ0n) is 19.3. The van der Waals surface area contributed by atoms with Crippen LogP contribution in [0.5, 0.6) is 0 Å². The quantitative estimate of drug-likeness (QED) is 0.565. The van der Waals surface area contributed by atoms with E-state index in [2.05, 4.69) is 40.3 Å². The number of imide groups is 1. The summed E-state index contributed by atoms with van der Waals surface area (Å²) in [4.78, 5) is 45.5. The van der Waals surface area contributed by atoms with Gasteiger partial charge in [0.1, 0.15) is 6.04 Å². The Balaban J connectivity index is 1.18. The molecule has 2 fully saturated rings. The van der Waals surface area contributed by atoms with Crippen LogP contribution in [0.15, 0.2) is 48.2 Å². The molecule has 3 aliphatic heterocycles. The van der Waals surface area contributed by atoms with Crippen molar-refractivity contribution in [2.45, 2.75) is 45.3 Å². The summed E-state index contributed by atoms with van der Waals surface area (Å²) in [6.07, 6.45) is 6.17. The Hall–Kier alpha value is -3.32. The fourth-order valence-electron chi connectivity index (χ4n) is 6.09. The number of pyridine rings is 1. The average Bonchev–Trinajstić information content (AvgIpc) is 3.44. The second-order valence-electron chi connectivity index (χ2n) is 10.2. The Kier molecular flexibility index (Phi) is 5.10. The zero-order chi connectivity index (χ0) is 23.4. The molecule has 2 saturated heterocycles. The number of carbonyl (C=O) groups is 3. The van der Waals surface area contributed by atoms with Gasteiger partial charge in [0, 0.05) is 49.9 Å². The number of rotatable bonds is 4. The molecule has 1 N–H and O–H groups in total. The van der Waals surface area contributed by atoms with Crippen LogP contribution in [0.2, 0.25) is 0 Å². The molecular formula is C27H28N4O3. The standard InChI is InChI=1S/C27H28N4O3/c1-16-8-19-13-30(14-20(19)9-16)12-17-6-7-28-23(10-17)18-2-3-22-21(11-18)15-31(27(22)34)24-4-5-25(32)29-26(24)33/h2-3,6-8,10-11,19-20,24H,4-5,9,12-15H2,1H3,(H,29,32,33)/t19?,20?,24-/m1/s1. The van der Waals surface area contributed by atoms with Gasteiger partial charge in [-0.1, -0.05) is 17.7 Å². The number of hydrogen-bond donors (Lipinski definition) is 1. The number of amides is 3. The van der Waals surface area contributed by atoms with Gasteiger partial charge in [0.15, 0.2) is 0 Å². The second-order valence-corrected chi connectivity index (χ2v) is 10.2. The SMILES string of the molecule is CC1=CC2CN(Cc3ccnc(-c4ccc5c(c4)CN([C@@H]4CCC(=O)NC4=O)C5=O)c3)CC2C1. The van der Waals surface area contributed by atoms with Crippen LogP contribution in [-0.2, 0) is 22.7 Å². The zero-order valence-corrected chi connectivity index (χ0v) is 19.3. The molecule has 1 aromatic heterocycles. The van der Waals surface area contributed by atoms with Crippen molar-refractivity contribution in [2.24, 2.45) is 11.8 Å². The van der Waals surface area contributed by atoms with Crippen molar-refractivity contribution in [3.05, 3.63) is 64.9 Å². The van der Waals surface area contributed by atoms with Crippen LogP contribution in [0.25, 0.3) is 11.3 Å². The maximum absolute atomic E-state index is 13.0. The van der Waals surface area contributed by atoms with Gasteiger partial charge in [0.2, 0.25) is 11.8 Å². The summed E-state index contributed by atoms with van der Waals surface area (Å²) in [5, 5.41) is 2.35. The smallest absolute Gasteiger partial charge is 0.255 e. The molecule has 7 heteroatoms. The maximum atomic E-state index is 13.0. The fraction of sp³-hybridized carbons (Fsp3) is 0.407. The van der Waals surface area contributed by atoms with E-state index in [0.29, 0.717) is 24.4 Å². The van der Waals surface area contributed by atoms with E-state index in [0.717, 1.165) is 42.4 Å². The number of piperidine rings is 1. The summed E-state index contributed by atoms with van der Waals surface area (Å²) in [5.41, 5.74) is 6.16. The molecular weight excluding hydrogens is 428 g/mol. The number of likely N-dealkylation sites (tertiary alicyclic amines) is 1. The number of hydrogen-bond acceptors (Lipinski definition) is 5. The first-order valence-corrected chi connectivity index (χ1v) is 12.1. The van der Waals surface area contributed by atoms with Crippen molar-refractivity contribution in [1.82, 2.24) is 20.1 Å². The summed E-state index contributed by atoms with van der Waals surface area (Å²) in [6, 6.07) is 9.42. The van der Waals surface area contributed by atoms with Crippen LogP contribution in [-0.4, -0.2) is 51.6 Å². The summed E-state index contributed by atoms with van der Waals surface area (Å²) >= 11 is 0. The monoisotopic (exact) mass is 456 g/mol. The molecule has 4 aliphatic rings. The molecule has 2 aromatic rings. The minimum Gasteiger partial charge on any atom is -0.322 e. The lowest BCUT2D eigenvalue weighted by Crippen LogP contribution is -2.52. The summed E-state index contributed by atoms with van der Waals surface area (Å²) < 4.78 is 0. The minimum atomic E-state index is -0.596. The van der Waals surface area contributed by atoms with Gasteiger partial charge in [-0.3, -0.25) is 29.6 Å². The molecule has 4 heterocycles. The van der Waals surface area contributed by atoms with E-state index in [1.807, 2.05) is 24.4 Å². The molecule has 1 aliphatic carbocycles. The Morgan fingerprint density at radius 1 is 1.12 bits per heavy atom. The number of fused-ring (bicyclic) bond motifs is 2. The van der Waals surface area contributed by atoms with Crippen molar-refractivity contribution in [3.8, 4) is 11.3 Å². The molecule has 6 rings (SSSR count). The first kappa shape index (κ1) is 21.2. The number of nitrogens with zero attached hydrogens (tertiary/aromatic N) is 3. The summed E-state index contributed by atoms with van der Waals surface area (Å²) in [5.74, 6) is 0.651. The van der Waals surface area contributed by atoms with E-state index in [9.17, 15) is 14.4 Å². The highest BCUT2D eigenvalue weighted by atomic mass is 16.2. The highest BCUT2D eigenvalue weighted by molar-refractivity contribution is 6.05. The highest BCUT2D eigenvalue weighted by Gasteiger charge is 2.39. The largest absolute Gasteiger partial charge is 0.322 e. The van der Waals surface area contributed by atoms with Crippen LogP contribution in [0.3, 0.4) is 0 Å². The third-order valence-corrected chi connectivity index (χ3v) is 7.70. The first-order chi connectivity index (χ1) is 16.4. The number of carbonyl (C=O) groups excluding carboxylic acids is 3. The van der Waals surface area contributed by atoms with E-state index in [4.69, 9.17) is 0 Å². The number of benzene rings is 1. The van der Waals surface area contributed by atoms with Gasteiger partial charge in [-0.2, -0.15) is 0 Å². The van der Waals surface area contributed by atoms with Gasteiger partial charge >= 0.3 is 0 Å². The van der Waals surface area contributed by atoms with Gasteiger partial charge < -0.3 is 4.90 Å². The predicted molar refractivity (Wildman–Crippen MR) is 126 cm³/mol. The van der Waals surface area contributed by atoms with E-state index < -0.39 is 6.04 Å². The van der Waals surface area contributed by atoms with Crippen LogP contribution >= 0.6 is 0 Å². The van der Waals surface area contributed by atoms with E-state index in [-0.39, 0.29) is 24.1 Å². The van der Waals surface area contributed by atoms with Crippen LogP contribution < -0.4 is 5.32 Å². The molecule has 0 saturated carbocycles. The Morgan fingerprint density at radius 2 is 2.00 bits per heavy atom. The van der Waals surface area contributed by atoms with Crippen molar-refractivity contribution in [1.29, 1.82) is 0 Å². The van der Waals surface area contributed by atoms with Crippen molar-refractivity contribution in [2.75, 3.05) is 13.1 Å². The van der Waals surface area contributed by atoms with Gasteiger partial charge in [-0.15, -0.1) is 0 Å². The molecule has 0 radical (unpaired) electrons. The Bertz CT molecular complexity index is 1240. The van der Waals surface area contributed by atoms with Crippen LogP contribution in [0.1, 0.15) is 47.7 Å². The molecule has 0 spiro atoms. The molecule has 34 heavy (non-hydrogen) atoms. The normalized spacial score (nSPS) is 26.5. The number of aromatic nitrogens is 1. The lowest BCUT2D eigenvalue weighted by Gasteiger charge is -2.29. The third kappa shape index (κ3) is 3.74. The molecule has 3 atom stereocenters. The Labute approximate surface area is 198 Å². The molecule has 7 nitrogen and oxygen atoms in total. The van der Waals surface area contributed by atoms with Crippen molar-refractivity contribution in [3.63, 3.8) is 0 Å². The fourth-order valence-corrected chi connectivity index (χ4v) is 6.09. The molecule has 174 valence electrons. The van der Waals surface area contributed by atoms with E-state index >= 15 is 0 Å². The lowest BCUT2D eigenvalue weighted by atomic mass is 10.00. The molecule has 2 unspecified atom stereocenters.